The molecule has 1 saturated heterocycles. The van der Waals surface area contributed by atoms with Crippen LogP contribution in [-0.4, -0.2) is 53.5 Å². The van der Waals surface area contributed by atoms with E-state index in [9.17, 15) is 9.59 Å². The van der Waals surface area contributed by atoms with E-state index in [2.05, 4.69) is 10.3 Å². The SMILES string of the molecule is CN(C(=O)c1ccc(-c2nc3cc(Cl)ccc3o2)cc1)[C@@H]1CC[C@H](NC(=O)[C@@H]2CCCO2)C1. The van der Waals surface area contributed by atoms with Crippen LogP contribution in [0.2, 0.25) is 5.02 Å². The summed E-state index contributed by atoms with van der Waals surface area (Å²) in [6, 6.07) is 12.7. The first-order valence-electron chi connectivity index (χ1n) is 11.3. The molecular weight excluding hydrogens is 442 g/mol. The second-order valence-electron chi connectivity index (χ2n) is 8.80. The number of hydrogen-bond acceptors (Lipinski definition) is 5. The average molecular weight is 468 g/mol. The van der Waals surface area contributed by atoms with Crippen molar-refractivity contribution in [3.63, 3.8) is 0 Å². The summed E-state index contributed by atoms with van der Waals surface area (Å²) in [5.41, 5.74) is 2.75. The Kier molecular flexibility index (Phi) is 6.08. The molecule has 1 saturated carbocycles. The number of benzene rings is 2. The summed E-state index contributed by atoms with van der Waals surface area (Å²) in [5, 5.41) is 3.70. The van der Waals surface area contributed by atoms with Crippen LogP contribution in [0.1, 0.15) is 42.5 Å². The summed E-state index contributed by atoms with van der Waals surface area (Å²) < 4.78 is 11.3. The zero-order valence-corrected chi connectivity index (χ0v) is 19.2. The molecule has 1 aromatic heterocycles. The fourth-order valence-electron chi connectivity index (χ4n) is 4.67. The Labute approximate surface area is 197 Å². The first-order valence-corrected chi connectivity index (χ1v) is 11.7. The van der Waals surface area contributed by atoms with Gasteiger partial charge in [-0.2, -0.15) is 0 Å². The van der Waals surface area contributed by atoms with Gasteiger partial charge in [-0.1, -0.05) is 11.6 Å². The van der Waals surface area contributed by atoms with Crippen molar-refractivity contribution >= 4 is 34.5 Å². The molecule has 2 heterocycles. The highest BCUT2D eigenvalue weighted by Crippen LogP contribution is 2.28. The lowest BCUT2D eigenvalue weighted by Gasteiger charge is -2.25. The van der Waals surface area contributed by atoms with Crippen LogP contribution in [-0.2, 0) is 9.53 Å². The molecule has 1 aliphatic carbocycles. The fraction of sp³-hybridized carbons (Fsp3) is 0.400. The molecule has 1 aliphatic heterocycles. The number of carbonyl (C=O) groups excluding carboxylic acids is 2. The maximum absolute atomic E-state index is 13.1. The number of aromatic nitrogens is 1. The number of hydrogen-bond donors (Lipinski definition) is 1. The zero-order valence-electron chi connectivity index (χ0n) is 18.4. The molecule has 2 fully saturated rings. The van der Waals surface area contributed by atoms with Gasteiger partial charge < -0.3 is 19.4 Å². The van der Waals surface area contributed by atoms with E-state index in [0.29, 0.717) is 34.2 Å². The minimum atomic E-state index is -0.319. The third kappa shape index (κ3) is 4.61. The van der Waals surface area contributed by atoms with E-state index in [0.717, 1.165) is 37.7 Å². The maximum Gasteiger partial charge on any atom is 0.253 e. The van der Waals surface area contributed by atoms with E-state index in [-0.39, 0.29) is 30.0 Å². The van der Waals surface area contributed by atoms with Crippen LogP contribution < -0.4 is 5.32 Å². The first kappa shape index (κ1) is 21.9. The number of oxazole rings is 1. The van der Waals surface area contributed by atoms with E-state index in [4.69, 9.17) is 20.8 Å². The predicted molar refractivity (Wildman–Crippen MR) is 125 cm³/mol. The molecule has 2 aromatic carbocycles. The van der Waals surface area contributed by atoms with Crippen LogP contribution in [0.4, 0.5) is 0 Å². The van der Waals surface area contributed by atoms with E-state index < -0.39 is 0 Å². The number of nitrogens with one attached hydrogen (secondary N) is 1. The van der Waals surface area contributed by atoms with Crippen molar-refractivity contribution in [2.75, 3.05) is 13.7 Å². The molecule has 8 heteroatoms. The monoisotopic (exact) mass is 467 g/mol. The number of rotatable bonds is 5. The number of halogens is 1. The van der Waals surface area contributed by atoms with Crippen LogP contribution in [0, 0.1) is 0 Å². The Morgan fingerprint density at radius 3 is 2.70 bits per heavy atom. The Balaban J connectivity index is 1.21. The van der Waals surface area contributed by atoms with Crippen LogP contribution >= 0.6 is 11.6 Å². The van der Waals surface area contributed by atoms with Gasteiger partial charge in [-0.15, -0.1) is 0 Å². The molecule has 172 valence electrons. The number of nitrogens with zero attached hydrogens (tertiary/aromatic N) is 2. The van der Waals surface area contributed by atoms with E-state index in [1.165, 1.54) is 0 Å². The summed E-state index contributed by atoms with van der Waals surface area (Å²) in [4.78, 5) is 31.7. The van der Waals surface area contributed by atoms with Crippen LogP contribution in [0.5, 0.6) is 0 Å². The molecule has 7 nitrogen and oxygen atoms in total. The van der Waals surface area contributed by atoms with Gasteiger partial charge >= 0.3 is 0 Å². The first-order chi connectivity index (χ1) is 16.0. The summed E-state index contributed by atoms with van der Waals surface area (Å²) in [7, 11) is 1.83. The number of fused-ring (bicyclic) bond motifs is 1. The van der Waals surface area contributed by atoms with Crippen molar-refractivity contribution < 1.29 is 18.7 Å². The molecular formula is C25H26ClN3O4. The van der Waals surface area contributed by atoms with Gasteiger partial charge in [-0.05, 0) is 74.6 Å². The third-order valence-electron chi connectivity index (χ3n) is 6.57. The predicted octanol–water partition coefficient (Wildman–Crippen LogP) is 4.44. The van der Waals surface area contributed by atoms with E-state index in [1.807, 2.05) is 19.2 Å². The van der Waals surface area contributed by atoms with Crippen molar-refractivity contribution in [3.05, 3.63) is 53.1 Å². The highest BCUT2D eigenvalue weighted by molar-refractivity contribution is 6.31. The lowest BCUT2D eigenvalue weighted by atomic mass is 10.1. The summed E-state index contributed by atoms with van der Waals surface area (Å²) in [5.74, 6) is 0.423. The van der Waals surface area contributed by atoms with Crippen molar-refractivity contribution in [2.24, 2.45) is 0 Å². The van der Waals surface area contributed by atoms with Gasteiger partial charge in [0, 0.05) is 41.9 Å². The van der Waals surface area contributed by atoms with Gasteiger partial charge in [0.05, 0.1) is 0 Å². The van der Waals surface area contributed by atoms with E-state index >= 15 is 0 Å². The van der Waals surface area contributed by atoms with Crippen molar-refractivity contribution in [1.29, 1.82) is 0 Å². The number of amides is 2. The van der Waals surface area contributed by atoms with Gasteiger partial charge in [0.15, 0.2) is 5.58 Å². The molecule has 2 aliphatic rings. The standard InChI is InChI=1S/C25H26ClN3O4/c1-29(19-10-9-18(14-19)27-23(30)22-3-2-12-32-22)25(31)16-6-4-15(5-7-16)24-28-20-13-17(26)8-11-21(20)33-24/h4-8,11,13,18-19,22H,2-3,9-10,12,14H2,1H3,(H,27,30)/t18-,19+,22-/m0/s1. The Bertz CT molecular complexity index is 1170. The molecule has 0 spiro atoms. The number of carbonyl (C=O) groups is 2. The van der Waals surface area contributed by atoms with Gasteiger partial charge in [0.1, 0.15) is 11.6 Å². The zero-order chi connectivity index (χ0) is 22.9. The maximum atomic E-state index is 13.1. The second-order valence-corrected chi connectivity index (χ2v) is 9.23. The molecule has 33 heavy (non-hydrogen) atoms. The van der Waals surface area contributed by atoms with Crippen molar-refractivity contribution in [1.82, 2.24) is 15.2 Å². The van der Waals surface area contributed by atoms with Gasteiger partial charge in [0.2, 0.25) is 11.8 Å². The summed E-state index contributed by atoms with van der Waals surface area (Å²) in [6.07, 6.45) is 3.88. The average Bonchev–Trinajstić information content (AvgIpc) is 3.58. The summed E-state index contributed by atoms with van der Waals surface area (Å²) in [6.45, 7) is 0.655. The Morgan fingerprint density at radius 2 is 1.94 bits per heavy atom. The normalized spacial score (nSPS) is 22.5. The smallest absolute Gasteiger partial charge is 0.253 e. The Hall–Kier alpha value is -2.90. The highest BCUT2D eigenvalue weighted by Gasteiger charge is 2.33. The second kappa shape index (κ2) is 9.15. The third-order valence-corrected chi connectivity index (χ3v) is 6.81. The fourth-order valence-corrected chi connectivity index (χ4v) is 4.83. The van der Waals surface area contributed by atoms with Crippen LogP contribution in [0.25, 0.3) is 22.6 Å². The van der Waals surface area contributed by atoms with Gasteiger partial charge in [-0.25, -0.2) is 4.98 Å². The summed E-state index contributed by atoms with van der Waals surface area (Å²) >= 11 is 6.03. The lowest BCUT2D eigenvalue weighted by Crippen LogP contribution is -2.41. The van der Waals surface area contributed by atoms with Crippen molar-refractivity contribution in [2.45, 2.75) is 50.3 Å². The largest absolute Gasteiger partial charge is 0.436 e. The number of ether oxygens (including phenoxy) is 1. The quantitative estimate of drug-likeness (QED) is 0.599. The van der Waals surface area contributed by atoms with Crippen LogP contribution in [0.3, 0.4) is 0 Å². The molecule has 0 radical (unpaired) electrons. The molecule has 2 amide bonds. The van der Waals surface area contributed by atoms with Gasteiger partial charge in [0.25, 0.3) is 5.91 Å². The molecule has 0 bridgehead atoms. The van der Waals surface area contributed by atoms with E-state index in [1.54, 1.807) is 35.2 Å². The van der Waals surface area contributed by atoms with Gasteiger partial charge in [-0.3, -0.25) is 9.59 Å². The Morgan fingerprint density at radius 1 is 1.12 bits per heavy atom. The molecule has 3 atom stereocenters. The topological polar surface area (TPSA) is 84.7 Å². The minimum absolute atomic E-state index is 0.0239. The molecule has 5 rings (SSSR count). The lowest BCUT2D eigenvalue weighted by molar-refractivity contribution is -0.130. The highest BCUT2D eigenvalue weighted by atomic mass is 35.5. The molecule has 3 aromatic rings. The van der Waals surface area contributed by atoms with Crippen molar-refractivity contribution in [3.8, 4) is 11.5 Å². The minimum Gasteiger partial charge on any atom is -0.436 e. The molecule has 0 unspecified atom stereocenters. The molecule has 1 N–H and O–H groups in total. The van der Waals surface area contributed by atoms with Crippen LogP contribution in [0.15, 0.2) is 46.9 Å².